The number of aromatic nitrogens is 2. The summed E-state index contributed by atoms with van der Waals surface area (Å²) in [5.41, 5.74) is 7.57. The van der Waals surface area contributed by atoms with Gasteiger partial charge in [0.05, 0.1) is 13.3 Å². The van der Waals surface area contributed by atoms with E-state index in [4.69, 9.17) is 10.5 Å². The Morgan fingerprint density at radius 3 is 2.95 bits per heavy atom. The molecule has 0 aliphatic heterocycles. The number of carbonyl (C=O) groups excluding carboxylic acids is 1. The molecule has 0 atom stereocenters. The van der Waals surface area contributed by atoms with Gasteiger partial charge in [0.25, 0.3) is 5.91 Å². The fraction of sp³-hybridized carbons (Fsp3) is 0.231. The van der Waals surface area contributed by atoms with Gasteiger partial charge in [0.2, 0.25) is 0 Å². The van der Waals surface area contributed by atoms with Gasteiger partial charge >= 0.3 is 0 Å². The first-order valence-corrected chi connectivity index (χ1v) is 5.79. The second-order valence-electron chi connectivity index (χ2n) is 4.19. The van der Waals surface area contributed by atoms with E-state index in [1.165, 1.54) is 7.11 Å². The Balaban J connectivity index is 2.24. The average Bonchev–Trinajstić information content (AvgIpc) is 2.90. The standard InChI is InChI=1S/C13H16N4O2/c1-17(8-9-6-15-16-7-9)13(18)12-10(14)4-3-5-11(12)19-2/h3-7H,8,14H2,1-2H3,(H,15,16). The van der Waals surface area contributed by atoms with Crippen LogP contribution in [0.3, 0.4) is 0 Å². The van der Waals surface area contributed by atoms with E-state index in [2.05, 4.69) is 10.2 Å². The van der Waals surface area contributed by atoms with Crippen LogP contribution < -0.4 is 10.5 Å². The minimum absolute atomic E-state index is 0.184. The molecule has 1 aromatic heterocycles. The first kappa shape index (κ1) is 12.9. The lowest BCUT2D eigenvalue weighted by Gasteiger charge is -2.19. The molecule has 100 valence electrons. The number of hydrogen-bond acceptors (Lipinski definition) is 4. The van der Waals surface area contributed by atoms with Gasteiger partial charge < -0.3 is 15.4 Å². The van der Waals surface area contributed by atoms with E-state index in [0.717, 1.165) is 5.56 Å². The number of aromatic amines is 1. The highest BCUT2D eigenvalue weighted by Gasteiger charge is 2.19. The summed E-state index contributed by atoms with van der Waals surface area (Å²) in [6.45, 7) is 0.451. The van der Waals surface area contributed by atoms with Crippen LogP contribution >= 0.6 is 0 Å². The number of nitrogens with zero attached hydrogens (tertiary/aromatic N) is 2. The van der Waals surface area contributed by atoms with Crippen molar-refractivity contribution in [3.63, 3.8) is 0 Å². The van der Waals surface area contributed by atoms with Gasteiger partial charge in [-0.15, -0.1) is 0 Å². The Hall–Kier alpha value is -2.50. The van der Waals surface area contributed by atoms with Gasteiger partial charge in [0, 0.05) is 31.0 Å². The van der Waals surface area contributed by atoms with E-state index in [9.17, 15) is 4.79 Å². The molecule has 1 aromatic carbocycles. The fourth-order valence-electron chi connectivity index (χ4n) is 1.85. The predicted molar refractivity (Wildman–Crippen MR) is 71.8 cm³/mol. The third-order valence-corrected chi connectivity index (χ3v) is 2.81. The normalized spacial score (nSPS) is 10.2. The third kappa shape index (κ3) is 2.67. The number of hydrogen-bond donors (Lipinski definition) is 2. The van der Waals surface area contributed by atoms with Crippen molar-refractivity contribution in [1.82, 2.24) is 15.1 Å². The molecule has 1 amide bonds. The Labute approximate surface area is 111 Å². The topological polar surface area (TPSA) is 84.2 Å². The summed E-state index contributed by atoms with van der Waals surface area (Å²) >= 11 is 0. The SMILES string of the molecule is COc1cccc(N)c1C(=O)N(C)Cc1cn[nH]c1. The van der Waals surface area contributed by atoms with Crippen LogP contribution in [0.25, 0.3) is 0 Å². The number of carbonyl (C=O) groups is 1. The molecule has 0 unspecified atom stereocenters. The highest BCUT2D eigenvalue weighted by molar-refractivity contribution is 6.01. The number of nitrogens with one attached hydrogen (secondary N) is 1. The number of amides is 1. The minimum atomic E-state index is -0.184. The zero-order valence-corrected chi connectivity index (χ0v) is 10.9. The maximum absolute atomic E-state index is 12.4. The molecule has 1 heterocycles. The summed E-state index contributed by atoms with van der Waals surface area (Å²) in [5.74, 6) is 0.292. The molecule has 0 radical (unpaired) electrons. The number of ether oxygens (including phenoxy) is 1. The van der Waals surface area contributed by atoms with Crippen molar-refractivity contribution in [2.45, 2.75) is 6.54 Å². The number of methoxy groups -OCH3 is 1. The van der Waals surface area contributed by atoms with E-state index < -0.39 is 0 Å². The minimum Gasteiger partial charge on any atom is -0.496 e. The van der Waals surface area contributed by atoms with E-state index >= 15 is 0 Å². The molecule has 0 aliphatic carbocycles. The average molecular weight is 260 g/mol. The van der Waals surface area contributed by atoms with E-state index in [0.29, 0.717) is 23.5 Å². The first-order valence-electron chi connectivity index (χ1n) is 5.79. The van der Waals surface area contributed by atoms with Crippen molar-refractivity contribution in [3.05, 3.63) is 41.7 Å². The van der Waals surface area contributed by atoms with E-state index in [-0.39, 0.29) is 5.91 Å². The van der Waals surface area contributed by atoms with Crippen molar-refractivity contribution < 1.29 is 9.53 Å². The number of nitrogens with two attached hydrogens (primary N) is 1. The summed E-state index contributed by atoms with van der Waals surface area (Å²) in [6.07, 6.45) is 3.42. The summed E-state index contributed by atoms with van der Waals surface area (Å²) in [4.78, 5) is 14.0. The quantitative estimate of drug-likeness (QED) is 0.811. The smallest absolute Gasteiger partial charge is 0.259 e. The summed E-state index contributed by atoms with van der Waals surface area (Å²) in [5, 5.41) is 6.56. The Kier molecular flexibility index (Phi) is 3.70. The maximum atomic E-state index is 12.4. The lowest BCUT2D eigenvalue weighted by atomic mass is 10.1. The lowest BCUT2D eigenvalue weighted by molar-refractivity contribution is 0.0783. The highest BCUT2D eigenvalue weighted by atomic mass is 16.5. The maximum Gasteiger partial charge on any atom is 0.259 e. The van der Waals surface area contributed by atoms with Crippen molar-refractivity contribution in [2.75, 3.05) is 19.9 Å². The van der Waals surface area contributed by atoms with Gasteiger partial charge in [0.15, 0.2) is 0 Å². The third-order valence-electron chi connectivity index (χ3n) is 2.81. The van der Waals surface area contributed by atoms with E-state index in [1.54, 1.807) is 42.5 Å². The molecular formula is C13H16N4O2. The van der Waals surface area contributed by atoms with Gasteiger partial charge in [-0.3, -0.25) is 9.89 Å². The van der Waals surface area contributed by atoms with Crippen LogP contribution in [0, 0.1) is 0 Å². The zero-order valence-electron chi connectivity index (χ0n) is 10.9. The largest absolute Gasteiger partial charge is 0.496 e. The van der Waals surface area contributed by atoms with Gasteiger partial charge in [-0.2, -0.15) is 5.10 Å². The molecule has 0 bridgehead atoms. The van der Waals surface area contributed by atoms with Gasteiger partial charge in [-0.25, -0.2) is 0 Å². The summed E-state index contributed by atoms with van der Waals surface area (Å²) in [6, 6.07) is 5.15. The van der Waals surface area contributed by atoms with Crippen LogP contribution in [-0.2, 0) is 6.54 Å². The number of benzene rings is 1. The van der Waals surface area contributed by atoms with Crippen LogP contribution in [0.15, 0.2) is 30.6 Å². The molecule has 2 aromatic rings. The fourth-order valence-corrected chi connectivity index (χ4v) is 1.85. The van der Waals surface area contributed by atoms with Crippen LogP contribution in [0.2, 0.25) is 0 Å². The molecule has 0 spiro atoms. The molecule has 0 fully saturated rings. The van der Waals surface area contributed by atoms with Crippen LogP contribution in [0.4, 0.5) is 5.69 Å². The van der Waals surface area contributed by atoms with E-state index in [1.807, 2.05) is 0 Å². The zero-order chi connectivity index (χ0) is 13.8. The van der Waals surface area contributed by atoms with Crippen molar-refractivity contribution in [3.8, 4) is 5.75 Å². The molecule has 3 N–H and O–H groups in total. The molecule has 0 aliphatic rings. The lowest BCUT2D eigenvalue weighted by Crippen LogP contribution is -2.27. The monoisotopic (exact) mass is 260 g/mol. The first-order chi connectivity index (χ1) is 9.13. The molecule has 6 heteroatoms. The number of anilines is 1. The number of rotatable bonds is 4. The molecular weight excluding hydrogens is 244 g/mol. The van der Waals surface area contributed by atoms with Crippen molar-refractivity contribution in [2.24, 2.45) is 0 Å². The molecule has 0 saturated carbocycles. The molecule has 19 heavy (non-hydrogen) atoms. The second-order valence-corrected chi connectivity index (χ2v) is 4.19. The van der Waals surface area contributed by atoms with Gasteiger partial charge in [0.1, 0.15) is 11.3 Å². The summed E-state index contributed by atoms with van der Waals surface area (Å²) < 4.78 is 5.19. The van der Waals surface area contributed by atoms with Gasteiger partial charge in [-0.05, 0) is 12.1 Å². The molecule has 6 nitrogen and oxygen atoms in total. The molecule has 2 rings (SSSR count). The van der Waals surface area contributed by atoms with Gasteiger partial charge in [-0.1, -0.05) is 6.07 Å². The van der Waals surface area contributed by atoms with Crippen molar-refractivity contribution >= 4 is 11.6 Å². The van der Waals surface area contributed by atoms with Crippen LogP contribution in [0.5, 0.6) is 5.75 Å². The van der Waals surface area contributed by atoms with Crippen molar-refractivity contribution in [1.29, 1.82) is 0 Å². The molecule has 0 saturated heterocycles. The number of H-pyrrole nitrogens is 1. The van der Waals surface area contributed by atoms with Crippen LogP contribution in [0.1, 0.15) is 15.9 Å². The Morgan fingerprint density at radius 1 is 1.53 bits per heavy atom. The summed E-state index contributed by atoms with van der Waals surface area (Å²) in [7, 11) is 3.23. The number of nitrogen functional groups attached to an aromatic ring is 1. The Morgan fingerprint density at radius 2 is 2.32 bits per heavy atom. The second kappa shape index (κ2) is 5.43. The predicted octanol–water partition coefficient (Wildman–Crippen LogP) is 1.27. The Bertz CT molecular complexity index is 566. The highest BCUT2D eigenvalue weighted by Crippen LogP contribution is 2.25. The van der Waals surface area contributed by atoms with Crippen LogP contribution in [-0.4, -0.2) is 35.2 Å².